The summed E-state index contributed by atoms with van der Waals surface area (Å²) in [6.45, 7) is 10.4. The van der Waals surface area contributed by atoms with Gasteiger partial charge in [-0.3, -0.25) is 4.99 Å². The number of aromatic nitrogens is 1. The van der Waals surface area contributed by atoms with Gasteiger partial charge in [-0.25, -0.2) is 4.98 Å². The molecule has 1 rings (SSSR count). The van der Waals surface area contributed by atoms with Gasteiger partial charge < -0.3 is 0 Å². The summed E-state index contributed by atoms with van der Waals surface area (Å²) in [5, 5.41) is 1.00. The van der Waals surface area contributed by atoms with Crippen LogP contribution in [0.25, 0.3) is 0 Å². The van der Waals surface area contributed by atoms with Gasteiger partial charge >= 0.3 is 0 Å². The number of nitrogens with zero attached hydrogens (tertiary/aromatic N) is 2. The van der Waals surface area contributed by atoms with Crippen molar-refractivity contribution in [3.8, 4) is 0 Å². The fourth-order valence-corrected chi connectivity index (χ4v) is 1.60. The van der Waals surface area contributed by atoms with Crippen molar-refractivity contribution in [1.82, 2.24) is 4.98 Å². The van der Waals surface area contributed by atoms with Crippen molar-refractivity contribution in [1.29, 1.82) is 0 Å². The molecule has 0 saturated heterocycles. The molecule has 0 aliphatic heterocycles. The highest BCUT2D eigenvalue weighted by molar-refractivity contribution is 7.13. The Labute approximate surface area is 83.7 Å². The van der Waals surface area contributed by atoms with Crippen LogP contribution in [0, 0.1) is 13.8 Å². The minimum absolute atomic E-state index is 0.00647. The zero-order valence-electron chi connectivity index (χ0n) is 8.88. The van der Waals surface area contributed by atoms with Crippen molar-refractivity contribution in [2.75, 3.05) is 0 Å². The second-order valence-electron chi connectivity index (χ2n) is 4.12. The average molecular weight is 196 g/mol. The van der Waals surface area contributed by atoms with Crippen LogP contribution in [0.15, 0.2) is 4.99 Å². The first-order chi connectivity index (χ1) is 5.88. The topological polar surface area (TPSA) is 25.2 Å². The van der Waals surface area contributed by atoms with Crippen molar-refractivity contribution < 1.29 is 0 Å². The van der Waals surface area contributed by atoms with E-state index in [2.05, 4.69) is 37.7 Å². The molecule has 1 aromatic rings. The molecule has 0 atom stereocenters. The highest BCUT2D eigenvalue weighted by Gasteiger charge is 2.06. The molecule has 0 aliphatic rings. The minimum atomic E-state index is -0.00647. The third kappa shape index (κ3) is 3.27. The maximum atomic E-state index is 4.40. The van der Waals surface area contributed by atoms with Crippen molar-refractivity contribution in [2.45, 2.75) is 40.2 Å². The van der Waals surface area contributed by atoms with E-state index in [9.17, 15) is 0 Å². The van der Waals surface area contributed by atoms with Gasteiger partial charge in [-0.1, -0.05) is 0 Å². The summed E-state index contributed by atoms with van der Waals surface area (Å²) in [5.74, 6) is 0. The Morgan fingerprint density at radius 2 is 1.92 bits per heavy atom. The van der Waals surface area contributed by atoms with Crippen LogP contribution < -0.4 is 0 Å². The van der Waals surface area contributed by atoms with E-state index < -0.39 is 0 Å². The number of rotatable bonds is 1. The Morgan fingerprint density at radius 3 is 2.31 bits per heavy atom. The Kier molecular flexibility index (Phi) is 2.86. The molecule has 13 heavy (non-hydrogen) atoms. The third-order valence-corrected chi connectivity index (χ3v) is 2.61. The summed E-state index contributed by atoms with van der Waals surface area (Å²) >= 11 is 1.69. The Bertz CT molecular complexity index is 299. The molecule has 1 heterocycles. The fraction of sp³-hybridized carbons (Fsp3) is 0.600. The second-order valence-corrected chi connectivity index (χ2v) is 5.36. The molecule has 0 N–H and O–H groups in total. The Hall–Kier alpha value is -0.700. The van der Waals surface area contributed by atoms with Gasteiger partial charge in [0.25, 0.3) is 0 Å². The van der Waals surface area contributed by atoms with E-state index in [-0.39, 0.29) is 5.54 Å². The van der Waals surface area contributed by atoms with Gasteiger partial charge in [0.15, 0.2) is 0 Å². The molecule has 72 valence electrons. The molecule has 0 aliphatic carbocycles. The molecular weight excluding hydrogens is 180 g/mol. The van der Waals surface area contributed by atoms with Crippen LogP contribution in [0.1, 0.15) is 36.3 Å². The second kappa shape index (κ2) is 3.58. The van der Waals surface area contributed by atoms with Crippen LogP contribution in [0.5, 0.6) is 0 Å². The van der Waals surface area contributed by atoms with Crippen LogP contribution in [0.3, 0.4) is 0 Å². The normalized spacial score (nSPS) is 12.7. The zero-order valence-corrected chi connectivity index (χ0v) is 9.70. The molecular formula is C10H16N2S. The van der Waals surface area contributed by atoms with Crippen LogP contribution in [0.4, 0.5) is 0 Å². The van der Waals surface area contributed by atoms with Gasteiger partial charge in [0.2, 0.25) is 0 Å². The van der Waals surface area contributed by atoms with Crippen molar-refractivity contribution in [3.05, 3.63) is 15.6 Å². The average Bonchev–Trinajstić information content (AvgIpc) is 2.27. The van der Waals surface area contributed by atoms with Gasteiger partial charge in [-0.2, -0.15) is 0 Å². The molecule has 0 bridgehead atoms. The van der Waals surface area contributed by atoms with E-state index in [1.54, 1.807) is 11.3 Å². The number of hydrogen-bond acceptors (Lipinski definition) is 3. The summed E-state index contributed by atoms with van der Waals surface area (Å²) in [6, 6.07) is 0. The first-order valence-electron chi connectivity index (χ1n) is 4.38. The minimum Gasteiger partial charge on any atom is -0.284 e. The van der Waals surface area contributed by atoms with Gasteiger partial charge in [-0.15, -0.1) is 11.3 Å². The molecule has 0 unspecified atom stereocenters. The fourth-order valence-electron chi connectivity index (χ4n) is 0.802. The van der Waals surface area contributed by atoms with E-state index in [4.69, 9.17) is 0 Å². The predicted molar refractivity (Wildman–Crippen MR) is 58.9 cm³/mol. The highest BCUT2D eigenvalue weighted by atomic mass is 32.1. The van der Waals surface area contributed by atoms with Crippen LogP contribution >= 0.6 is 11.3 Å². The summed E-state index contributed by atoms with van der Waals surface area (Å²) < 4.78 is 0. The molecule has 0 fully saturated rings. The molecule has 0 spiro atoms. The highest BCUT2D eigenvalue weighted by Crippen LogP contribution is 2.15. The lowest BCUT2D eigenvalue weighted by molar-refractivity contribution is 0.586. The first-order valence-corrected chi connectivity index (χ1v) is 5.19. The third-order valence-electron chi connectivity index (χ3n) is 1.61. The summed E-state index contributed by atoms with van der Waals surface area (Å²) in [5.41, 5.74) is 1.10. The van der Waals surface area contributed by atoms with Crippen molar-refractivity contribution in [2.24, 2.45) is 4.99 Å². The molecule has 0 amide bonds. The summed E-state index contributed by atoms with van der Waals surface area (Å²) in [6.07, 6.45) is 1.87. The number of aryl methyl sites for hydroxylation is 2. The molecule has 0 radical (unpaired) electrons. The monoisotopic (exact) mass is 196 g/mol. The molecule has 2 nitrogen and oxygen atoms in total. The lowest BCUT2D eigenvalue weighted by atomic mass is 10.1. The van der Waals surface area contributed by atoms with Crippen LogP contribution in [0.2, 0.25) is 0 Å². The molecule has 0 aromatic carbocycles. The standard InChI is InChI=1S/C10H16N2S/c1-7-8(2)13-9(12-7)6-11-10(3,4)5/h6H,1-5H3/b11-6-. The van der Waals surface area contributed by atoms with Crippen molar-refractivity contribution in [3.63, 3.8) is 0 Å². The molecule has 1 aromatic heterocycles. The Balaban J connectivity index is 2.81. The summed E-state index contributed by atoms with van der Waals surface area (Å²) in [4.78, 5) is 10.1. The molecule has 3 heteroatoms. The lowest BCUT2D eigenvalue weighted by Gasteiger charge is -2.09. The van der Waals surface area contributed by atoms with Gasteiger partial charge in [0.1, 0.15) is 5.01 Å². The van der Waals surface area contributed by atoms with E-state index in [1.165, 1.54) is 4.88 Å². The van der Waals surface area contributed by atoms with Gasteiger partial charge in [-0.05, 0) is 34.6 Å². The maximum Gasteiger partial charge on any atom is 0.134 e. The van der Waals surface area contributed by atoms with Gasteiger partial charge in [0, 0.05) is 4.88 Å². The number of aliphatic imine (C=N–C) groups is 1. The Morgan fingerprint density at radius 1 is 1.31 bits per heavy atom. The SMILES string of the molecule is Cc1nc(/C=N\C(C)(C)C)sc1C. The quantitative estimate of drug-likeness (QED) is 0.634. The smallest absolute Gasteiger partial charge is 0.134 e. The van der Waals surface area contributed by atoms with Crippen LogP contribution in [-0.4, -0.2) is 16.7 Å². The van der Waals surface area contributed by atoms with Crippen LogP contribution in [-0.2, 0) is 0 Å². The van der Waals surface area contributed by atoms with Crippen molar-refractivity contribution >= 4 is 17.6 Å². The predicted octanol–water partition coefficient (Wildman–Crippen LogP) is 2.98. The number of hydrogen-bond donors (Lipinski definition) is 0. The van der Waals surface area contributed by atoms with E-state index in [0.717, 1.165) is 10.7 Å². The molecule has 0 saturated carbocycles. The number of thiazole rings is 1. The van der Waals surface area contributed by atoms with Gasteiger partial charge in [0.05, 0.1) is 17.4 Å². The van der Waals surface area contributed by atoms with E-state index in [0.29, 0.717) is 0 Å². The summed E-state index contributed by atoms with van der Waals surface area (Å²) in [7, 11) is 0. The van der Waals surface area contributed by atoms with E-state index in [1.807, 2.05) is 13.1 Å². The van der Waals surface area contributed by atoms with E-state index >= 15 is 0 Å². The lowest BCUT2D eigenvalue weighted by Crippen LogP contribution is -2.09. The first kappa shape index (κ1) is 10.4. The largest absolute Gasteiger partial charge is 0.284 e. The maximum absolute atomic E-state index is 4.40. The zero-order chi connectivity index (χ0) is 10.1.